The Morgan fingerprint density at radius 1 is 1.16 bits per heavy atom. The number of aliphatic hydroxyl groups excluding tert-OH is 1. The zero-order valence-corrected chi connectivity index (χ0v) is 15.0. The number of nitrogens with one attached hydrogen (secondary N) is 3. The summed E-state index contributed by atoms with van der Waals surface area (Å²) in [6, 6.07) is -0.411. The van der Waals surface area contributed by atoms with Gasteiger partial charge in [-0.3, -0.25) is 4.79 Å². The molecule has 0 aromatic rings. The Morgan fingerprint density at radius 3 is 2.60 bits per heavy atom. The first-order chi connectivity index (χ1) is 12.1. The quantitative estimate of drug-likeness (QED) is 0.517. The van der Waals surface area contributed by atoms with Gasteiger partial charge in [-0.25, -0.2) is 4.79 Å². The average Bonchev–Trinajstić information content (AvgIpc) is 2.62. The number of hydrogen-bond donors (Lipinski definition) is 4. The zero-order valence-electron chi connectivity index (χ0n) is 15.0. The summed E-state index contributed by atoms with van der Waals surface area (Å²) >= 11 is 0. The van der Waals surface area contributed by atoms with E-state index in [9.17, 15) is 14.7 Å². The van der Waals surface area contributed by atoms with Gasteiger partial charge < -0.3 is 25.8 Å². The molecule has 2 rings (SSSR count). The highest BCUT2D eigenvalue weighted by Crippen LogP contribution is 2.19. The summed E-state index contributed by atoms with van der Waals surface area (Å²) in [4.78, 5) is 23.9. The highest BCUT2D eigenvalue weighted by atomic mass is 16.5. The third-order valence-electron chi connectivity index (χ3n) is 4.65. The maximum atomic E-state index is 12.2. The second-order valence-corrected chi connectivity index (χ2v) is 6.81. The van der Waals surface area contributed by atoms with Crippen LogP contribution in [0.25, 0.3) is 0 Å². The van der Waals surface area contributed by atoms with Crippen molar-refractivity contribution in [2.75, 3.05) is 13.2 Å². The largest absolute Gasteiger partial charge is 0.394 e. The first kappa shape index (κ1) is 19.7. The van der Waals surface area contributed by atoms with Crippen molar-refractivity contribution in [2.45, 2.75) is 76.2 Å². The van der Waals surface area contributed by atoms with Crippen molar-refractivity contribution in [3.8, 4) is 0 Å². The molecule has 0 spiro atoms. The molecule has 3 amide bonds. The second kappa shape index (κ2) is 10.4. The lowest BCUT2D eigenvalue weighted by atomic mass is 9.95. The molecule has 142 valence electrons. The number of hydrogen-bond acceptors (Lipinski definition) is 4. The Hall–Kier alpha value is -1.60. The monoisotopic (exact) mass is 353 g/mol. The van der Waals surface area contributed by atoms with Crippen LogP contribution in [0.2, 0.25) is 0 Å². The van der Waals surface area contributed by atoms with Crippen LogP contribution in [0.1, 0.15) is 51.9 Å². The van der Waals surface area contributed by atoms with Gasteiger partial charge in [0.2, 0.25) is 5.91 Å². The van der Waals surface area contributed by atoms with E-state index in [4.69, 9.17) is 4.74 Å². The molecule has 3 atom stereocenters. The van der Waals surface area contributed by atoms with Gasteiger partial charge in [0.15, 0.2) is 0 Å². The molecular weight excluding hydrogens is 322 g/mol. The van der Waals surface area contributed by atoms with Gasteiger partial charge in [-0.1, -0.05) is 38.3 Å². The number of carbonyl (C=O) groups excluding carboxylic acids is 2. The van der Waals surface area contributed by atoms with Gasteiger partial charge in [0.05, 0.1) is 25.2 Å². The topological polar surface area (TPSA) is 99.7 Å². The molecule has 25 heavy (non-hydrogen) atoms. The van der Waals surface area contributed by atoms with Gasteiger partial charge in [-0.05, 0) is 19.3 Å². The summed E-state index contributed by atoms with van der Waals surface area (Å²) in [5.74, 6) is -0.0228. The Bertz CT molecular complexity index is 463. The van der Waals surface area contributed by atoms with Crippen molar-refractivity contribution in [2.24, 2.45) is 0 Å². The fourth-order valence-electron chi connectivity index (χ4n) is 3.29. The number of rotatable bonds is 7. The number of urea groups is 1. The lowest BCUT2D eigenvalue weighted by Crippen LogP contribution is -2.51. The van der Waals surface area contributed by atoms with E-state index in [0.717, 1.165) is 19.3 Å². The minimum absolute atomic E-state index is 0.0228. The molecular formula is C18H31N3O4. The third-order valence-corrected chi connectivity index (χ3v) is 4.65. The molecule has 1 saturated carbocycles. The van der Waals surface area contributed by atoms with Crippen LogP contribution in [0, 0.1) is 0 Å². The summed E-state index contributed by atoms with van der Waals surface area (Å²) in [6.45, 7) is 2.35. The van der Waals surface area contributed by atoms with E-state index >= 15 is 0 Å². The molecule has 1 aliphatic carbocycles. The number of amides is 3. The van der Waals surface area contributed by atoms with Gasteiger partial charge >= 0.3 is 6.03 Å². The summed E-state index contributed by atoms with van der Waals surface area (Å²) in [5, 5.41) is 18.1. The Morgan fingerprint density at radius 2 is 1.92 bits per heavy atom. The van der Waals surface area contributed by atoms with Gasteiger partial charge in [0.1, 0.15) is 6.10 Å². The van der Waals surface area contributed by atoms with E-state index in [-0.39, 0.29) is 37.1 Å². The first-order valence-electron chi connectivity index (χ1n) is 9.40. The Labute approximate surface area is 149 Å². The van der Waals surface area contributed by atoms with Crippen molar-refractivity contribution >= 4 is 11.9 Å². The van der Waals surface area contributed by atoms with E-state index in [1.807, 2.05) is 6.92 Å². The van der Waals surface area contributed by atoms with Gasteiger partial charge in [0.25, 0.3) is 0 Å². The predicted molar refractivity (Wildman–Crippen MR) is 95.1 cm³/mol. The molecule has 1 aliphatic heterocycles. The lowest BCUT2D eigenvalue weighted by molar-refractivity contribution is -0.126. The maximum Gasteiger partial charge on any atom is 0.315 e. The minimum Gasteiger partial charge on any atom is -0.394 e. The summed E-state index contributed by atoms with van der Waals surface area (Å²) in [5.41, 5.74) is 0. The molecule has 0 bridgehead atoms. The Balaban J connectivity index is 1.80. The van der Waals surface area contributed by atoms with Crippen LogP contribution in [0.5, 0.6) is 0 Å². The van der Waals surface area contributed by atoms with E-state index in [1.54, 1.807) is 12.2 Å². The molecule has 1 fully saturated rings. The Kier molecular flexibility index (Phi) is 8.21. The number of ether oxygens (including phenoxy) is 1. The highest BCUT2D eigenvalue weighted by molar-refractivity contribution is 5.77. The summed E-state index contributed by atoms with van der Waals surface area (Å²) in [6.07, 6.45) is 9.43. The zero-order chi connectivity index (χ0) is 18.1. The van der Waals surface area contributed by atoms with Crippen LogP contribution < -0.4 is 16.0 Å². The van der Waals surface area contributed by atoms with Crippen LogP contribution in [0.4, 0.5) is 4.79 Å². The average molecular weight is 353 g/mol. The predicted octanol–water partition coefficient (Wildman–Crippen LogP) is 1.22. The lowest BCUT2D eigenvalue weighted by Gasteiger charge is -2.32. The molecule has 0 aromatic carbocycles. The van der Waals surface area contributed by atoms with E-state index in [1.165, 1.54) is 19.3 Å². The smallest absolute Gasteiger partial charge is 0.315 e. The molecule has 7 nitrogen and oxygen atoms in total. The minimum atomic E-state index is -0.551. The van der Waals surface area contributed by atoms with Crippen molar-refractivity contribution in [3.63, 3.8) is 0 Å². The summed E-state index contributed by atoms with van der Waals surface area (Å²) in [7, 11) is 0. The van der Waals surface area contributed by atoms with E-state index in [2.05, 4.69) is 16.0 Å². The van der Waals surface area contributed by atoms with Crippen LogP contribution >= 0.6 is 0 Å². The fraction of sp³-hybridized carbons (Fsp3) is 0.778. The number of carbonyl (C=O) groups is 2. The van der Waals surface area contributed by atoms with Gasteiger partial charge in [0, 0.05) is 12.6 Å². The van der Waals surface area contributed by atoms with Crippen LogP contribution in [0.3, 0.4) is 0 Å². The maximum absolute atomic E-state index is 12.2. The van der Waals surface area contributed by atoms with Crippen molar-refractivity contribution in [1.82, 2.24) is 16.0 Å². The standard InChI is InChI=1S/C18H31N3O4/c1-2-10-19-18(24)21-15-9-8-14(25-16(15)12-22)11-17(23)20-13-6-4-3-5-7-13/h8-9,13-16,22H,2-7,10-12H2,1H3,(H,20,23)(H2,19,21,24)/t14-,15-,16+/m1/s1. The second-order valence-electron chi connectivity index (χ2n) is 6.81. The van der Waals surface area contributed by atoms with Gasteiger partial charge in [-0.15, -0.1) is 0 Å². The third kappa shape index (κ3) is 6.66. The molecule has 2 aliphatic rings. The molecule has 7 heteroatoms. The molecule has 0 radical (unpaired) electrons. The highest BCUT2D eigenvalue weighted by Gasteiger charge is 2.29. The van der Waals surface area contributed by atoms with Crippen molar-refractivity contribution in [1.29, 1.82) is 0 Å². The molecule has 4 N–H and O–H groups in total. The van der Waals surface area contributed by atoms with Crippen LogP contribution in [-0.4, -0.2) is 54.5 Å². The first-order valence-corrected chi connectivity index (χ1v) is 9.40. The molecule has 0 aromatic heterocycles. The SMILES string of the molecule is CCCNC(=O)N[C@@H]1C=C[C@H](CC(=O)NC2CCCCC2)O[C@H]1CO. The normalized spacial score (nSPS) is 26.9. The van der Waals surface area contributed by atoms with Crippen LogP contribution in [0.15, 0.2) is 12.2 Å². The van der Waals surface area contributed by atoms with Crippen molar-refractivity contribution in [3.05, 3.63) is 12.2 Å². The fourth-order valence-corrected chi connectivity index (χ4v) is 3.29. The number of aliphatic hydroxyl groups is 1. The van der Waals surface area contributed by atoms with Crippen molar-refractivity contribution < 1.29 is 19.4 Å². The van der Waals surface area contributed by atoms with E-state index in [0.29, 0.717) is 6.54 Å². The van der Waals surface area contributed by atoms with Gasteiger partial charge in [-0.2, -0.15) is 0 Å². The summed E-state index contributed by atoms with van der Waals surface area (Å²) < 4.78 is 5.77. The molecule has 0 unspecified atom stereocenters. The van der Waals surface area contributed by atoms with Crippen LogP contribution in [-0.2, 0) is 9.53 Å². The molecule has 0 saturated heterocycles. The molecule has 1 heterocycles. The van der Waals surface area contributed by atoms with E-state index < -0.39 is 12.1 Å².